The Hall–Kier alpha value is -1.39. The first kappa shape index (κ1) is 15.0. The first-order chi connectivity index (χ1) is 9.60. The molecule has 0 atom stereocenters. The van der Waals surface area contributed by atoms with Gasteiger partial charge in [0.25, 0.3) is 0 Å². The van der Waals surface area contributed by atoms with Gasteiger partial charge < -0.3 is 10.5 Å². The Kier molecular flexibility index (Phi) is 5.15. The average Bonchev–Trinajstić information content (AvgIpc) is 2.40. The lowest BCUT2D eigenvalue weighted by atomic mass is 10.1. The summed E-state index contributed by atoms with van der Waals surface area (Å²) in [5.74, 6) is 0.567. The minimum Gasteiger partial charge on any atom is -0.489 e. The Morgan fingerprint density at radius 1 is 1.15 bits per heavy atom. The van der Waals surface area contributed by atoms with Gasteiger partial charge in [-0.25, -0.2) is 4.39 Å². The van der Waals surface area contributed by atoms with Crippen LogP contribution in [0.5, 0.6) is 5.75 Å². The molecule has 0 radical (unpaired) electrons. The lowest BCUT2D eigenvalue weighted by Crippen LogP contribution is -2.06. The van der Waals surface area contributed by atoms with Crippen molar-refractivity contribution in [1.82, 2.24) is 0 Å². The number of aryl methyl sites for hydroxylation is 1. The summed E-state index contributed by atoms with van der Waals surface area (Å²) in [6.45, 7) is 3.02. The molecule has 0 bridgehead atoms. The first-order valence-corrected chi connectivity index (χ1v) is 7.26. The van der Waals surface area contributed by atoms with Gasteiger partial charge in [-0.2, -0.15) is 0 Å². The van der Waals surface area contributed by atoms with Crippen LogP contribution in [-0.4, -0.2) is 6.54 Å². The molecule has 0 aliphatic carbocycles. The molecule has 2 aromatic rings. The zero-order chi connectivity index (χ0) is 14.5. The second kappa shape index (κ2) is 6.86. The average molecular weight is 338 g/mol. The van der Waals surface area contributed by atoms with E-state index < -0.39 is 0 Å². The summed E-state index contributed by atoms with van der Waals surface area (Å²) in [7, 11) is 0. The third-order valence-corrected chi connectivity index (χ3v) is 3.77. The zero-order valence-electron chi connectivity index (χ0n) is 11.3. The number of rotatable bonds is 5. The van der Waals surface area contributed by atoms with Crippen LogP contribution < -0.4 is 10.5 Å². The van der Waals surface area contributed by atoms with E-state index in [-0.39, 0.29) is 5.82 Å². The Balaban J connectivity index is 2.14. The number of hydrogen-bond donors (Lipinski definition) is 1. The van der Waals surface area contributed by atoms with Gasteiger partial charge in [0.15, 0.2) is 0 Å². The van der Waals surface area contributed by atoms with E-state index in [0.717, 1.165) is 23.3 Å². The number of halogens is 2. The third-order valence-electron chi connectivity index (χ3n) is 3.03. The maximum absolute atomic E-state index is 13.0. The Morgan fingerprint density at radius 3 is 2.65 bits per heavy atom. The molecule has 0 aliphatic heterocycles. The van der Waals surface area contributed by atoms with E-state index in [1.165, 1.54) is 17.7 Å². The van der Waals surface area contributed by atoms with Crippen LogP contribution in [0.4, 0.5) is 4.39 Å². The van der Waals surface area contributed by atoms with Gasteiger partial charge >= 0.3 is 0 Å². The molecule has 4 heteroatoms. The summed E-state index contributed by atoms with van der Waals surface area (Å²) in [4.78, 5) is 0. The highest BCUT2D eigenvalue weighted by Crippen LogP contribution is 2.24. The lowest BCUT2D eigenvalue weighted by molar-refractivity contribution is 0.302. The smallest absolute Gasteiger partial charge is 0.124 e. The van der Waals surface area contributed by atoms with Crippen LogP contribution in [0.3, 0.4) is 0 Å². The number of benzene rings is 2. The van der Waals surface area contributed by atoms with E-state index in [2.05, 4.69) is 22.0 Å². The second-order valence-corrected chi connectivity index (χ2v) is 5.53. The summed E-state index contributed by atoms with van der Waals surface area (Å²) < 4.78 is 19.6. The van der Waals surface area contributed by atoms with Crippen molar-refractivity contribution in [3.8, 4) is 5.75 Å². The van der Waals surface area contributed by atoms with E-state index in [1.54, 1.807) is 6.07 Å². The van der Waals surface area contributed by atoms with Crippen molar-refractivity contribution < 1.29 is 9.13 Å². The van der Waals surface area contributed by atoms with Gasteiger partial charge in [0.05, 0.1) is 0 Å². The van der Waals surface area contributed by atoms with Gasteiger partial charge in [-0.3, -0.25) is 0 Å². The fraction of sp³-hybridized carbons (Fsp3) is 0.250. The van der Waals surface area contributed by atoms with Crippen LogP contribution in [0.15, 0.2) is 40.9 Å². The molecule has 106 valence electrons. The summed E-state index contributed by atoms with van der Waals surface area (Å²) in [5.41, 5.74) is 8.82. The monoisotopic (exact) mass is 337 g/mol. The van der Waals surface area contributed by atoms with Gasteiger partial charge in [0.2, 0.25) is 0 Å². The van der Waals surface area contributed by atoms with Gasteiger partial charge in [-0.1, -0.05) is 39.7 Å². The predicted octanol–water partition coefficient (Wildman–Crippen LogP) is 3.98. The maximum Gasteiger partial charge on any atom is 0.124 e. The first-order valence-electron chi connectivity index (χ1n) is 6.46. The maximum atomic E-state index is 13.0. The van der Waals surface area contributed by atoms with Crippen LogP contribution in [0, 0.1) is 12.7 Å². The van der Waals surface area contributed by atoms with Crippen molar-refractivity contribution in [2.24, 2.45) is 5.73 Å². The van der Waals surface area contributed by atoms with Crippen molar-refractivity contribution in [2.75, 3.05) is 6.54 Å². The molecular weight excluding hydrogens is 321 g/mol. The number of ether oxygens (including phenoxy) is 1. The predicted molar refractivity (Wildman–Crippen MR) is 82.4 cm³/mol. The van der Waals surface area contributed by atoms with E-state index in [4.69, 9.17) is 10.5 Å². The molecule has 2 aromatic carbocycles. The van der Waals surface area contributed by atoms with E-state index in [1.807, 2.05) is 19.1 Å². The standard InChI is InChI=1S/C16H17BrFNO/c1-11-2-5-16(12(8-11)6-7-19)20-10-13-3-4-14(18)9-15(13)17/h2-5,8-9H,6-7,10,19H2,1H3. The van der Waals surface area contributed by atoms with Gasteiger partial charge in [0, 0.05) is 10.0 Å². The zero-order valence-corrected chi connectivity index (χ0v) is 12.9. The molecule has 0 saturated heterocycles. The van der Waals surface area contributed by atoms with Crippen molar-refractivity contribution >= 4 is 15.9 Å². The minimum absolute atomic E-state index is 0.264. The van der Waals surface area contributed by atoms with Crippen molar-refractivity contribution in [3.63, 3.8) is 0 Å². The van der Waals surface area contributed by atoms with Gasteiger partial charge in [0.1, 0.15) is 18.2 Å². The lowest BCUT2D eigenvalue weighted by Gasteiger charge is -2.13. The molecule has 0 fully saturated rings. The molecule has 0 saturated carbocycles. The number of nitrogens with two attached hydrogens (primary N) is 1. The van der Waals surface area contributed by atoms with Crippen LogP contribution in [-0.2, 0) is 13.0 Å². The van der Waals surface area contributed by atoms with Gasteiger partial charge in [-0.05, 0) is 43.7 Å². The molecule has 2 rings (SSSR count). The summed E-state index contributed by atoms with van der Waals surface area (Å²) in [6.07, 6.45) is 0.779. The fourth-order valence-corrected chi connectivity index (χ4v) is 2.46. The third kappa shape index (κ3) is 3.81. The Labute approximate surface area is 126 Å². The highest BCUT2D eigenvalue weighted by atomic mass is 79.9. The highest BCUT2D eigenvalue weighted by molar-refractivity contribution is 9.10. The van der Waals surface area contributed by atoms with E-state index in [0.29, 0.717) is 17.6 Å². The Morgan fingerprint density at radius 2 is 1.95 bits per heavy atom. The van der Waals surface area contributed by atoms with Crippen LogP contribution >= 0.6 is 15.9 Å². The molecule has 2 nitrogen and oxygen atoms in total. The summed E-state index contributed by atoms with van der Waals surface area (Å²) >= 11 is 3.34. The van der Waals surface area contributed by atoms with E-state index in [9.17, 15) is 4.39 Å². The minimum atomic E-state index is -0.264. The van der Waals surface area contributed by atoms with E-state index >= 15 is 0 Å². The SMILES string of the molecule is Cc1ccc(OCc2ccc(F)cc2Br)c(CCN)c1. The van der Waals surface area contributed by atoms with Gasteiger partial charge in [-0.15, -0.1) is 0 Å². The molecule has 0 heterocycles. The quantitative estimate of drug-likeness (QED) is 0.895. The van der Waals surface area contributed by atoms with Crippen LogP contribution in [0.1, 0.15) is 16.7 Å². The van der Waals surface area contributed by atoms with Crippen LogP contribution in [0.25, 0.3) is 0 Å². The molecular formula is C16H17BrFNO. The molecule has 0 aromatic heterocycles. The molecule has 0 spiro atoms. The normalized spacial score (nSPS) is 10.6. The topological polar surface area (TPSA) is 35.2 Å². The summed E-state index contributed by atoms with van der Waals surface area (Å²) in [5, 5.41) is 0. The molecule has 0 amide bonds. The molecule has 0 aliphatic rings. The highest BCUT2D eigenvalue weighted by Gasteiger charge is 2.06. The van der Waals surface area contributed by atoms with Crippen molar-refractivity contribution in [3.05, 3.63) is 63.4 Å². The number of hydrogen-bond acceptors (Lipinski definition) is 2. The van der Waals surface area contributed by atoms with Crippen LogP contribution in [0.2, 0.25) is 0 Å². The van der Waals surface area contributed by atoms with Crippen molar-refractivity contribution in [1.29, 1.82) is 0 Å². The van der Waals surface area contributed by atoms with Crippen molar-refractivity contribution in [2.45, 2.75) is 20.0 Å². The second-order valence-electron chi connectivity index (χ2n) is 4.67. The molecule has 0 unspecified atom stereocenters. The molecule has 2 N–H and O–H groups in total. The fourth-order valence-electron chi connectivity index (χ4n) is 1.99. The summed E-state index contributed by atoms with van der Waals surface area (Å²) in [6, 6.07) is 10.6. The Bertz CT molecular complexity index is 601. The largest absolute Gasteiger partial charge is 0.489 e. The molecule has 20 heavy (non-hydrogen) atoms.